The second kappa shape index (κ2) is 13.2. The first-order chi connectivity index (χ1) is 12.0. The van der Waals surface area contributed by atoms with Crippen LogP contribution in [0.5, 0.6) is 11.5 Å². The van der Waals surface area contributed by atoms with Crippen molar-refractivity contribution in [2.24, 2.45) is 5.16 Å². The number of oxime groups is 1. The molecule has 0 saturated heterocycles. The standard InChI is InChI=1S/C17H19Cl4NO3/c1-2-8-25-22-7-4-3-5-9-24-17-14(18)11-13(12-15(17)19)23-10-6-16(20)21/h2,6-7,11-12H,1,3-5,8-10H2/b22-7+. The summed E-state index contributed by atoms with van der Waals surface area (Å²) in [6.45, 7) is 4.65. The van der Waals surface area contributed by atoms with E-state index < -0.39 is 0 Å². The molecule has 0 N–H and O–H groups in total. The zero-order valence-corrected chi connectivity index (χ0v) is 16.5. The Morgan fingerprint density at radius 3 is 2.44 bits per heavy atom. The number of rotatable bonds is 12. The van der Waals surface area contributed by atoms with Gasteiger partial charge in [-0.25, -0.2) is 0 Å². The van der Waals surface area contributed by atoms with E-state index in [0.717, 1.165) is 19.3 Å². The molecule has 1 rings (SSSR count). The van der Waals surface area contributed by atoms with E-state index in [1.54, 1.807) is 24.4 Å². The highest BCUT2D eigenvalue weighted by atomic mass is 35.5. The molecule has 0 spiro atoms. The molecule has 0 aliphatic carbocycles. The number of unbranched alkanes of at least 4 members (excludes halogenated alkanes) is 2. The summed E-state index contributed by atoms with van der Waals surface area (Å²) in [5.74, 6) is 0.938. The van der Waals surface area contributed by atoms with Crippen LogP contribution in [0, 0.1) is 0 Å². The fourth-order valence-corrected chi connectivity index (χ4v) is 2.37. The Balaban J connectivity index is 2.37. The Morgan fingerprint density at radius 1 is 1.08 bits per heavy atom. The summed E-state index contributed by atoms with van der Waals surface area (Å²) in [6.07, 6.45) is 7.41. The van der Waals surface area contributed by atoms with Crippen molar-refractivity contribution in [3.63, 3.8) is 0 Å². The Kier molecular flexibility index (Phi) is 11.6. The molecule has 138 valence electrons. The van der Waals surface area contributed by atoms with Crippen molar-refractivity contribution in [2.45, 2.75) is 19.3 Å². The molecule has 0 unspecified atom stereocenters. The molecular weight excluding hydrogens is 408 g/mol. The number of hydrogen-bond donors (Lipinski definition) is 0. The third kappa shape index (κ3) is 9.85. The van der Waals surface area contributed by atoms with Crippen LogP contribution < -0.4 is 9.47 Å². The predicted octanol–water partition coefficient (Wildman–Crippen LogP) is 6.43. The quantitative estimate of drug-likeness (QED) is 0.167. The molecule has 0 aliphatic heterocycles. The Morgan fingerprint density at radius 2 is 1.80 bits per heavy atom. The molecule has 4 nitrogen and oxygen atoms in total. The summed E-state index contributed by atoms with van der Waals surface area (Å²) in [7, 11) is 0. The van der Waals surface area contributed by atoms with Crippen LogP contribution in [0.1, 0.15) is 19.3 Å². The van der Waals surface area contributed by atoms with E-state index in [9.17, 15) is 0 Å². The van der Waals surface area contributed by atoms with Gasteiger partial charge in [0, 0.05) is 18.3 Å². The van der Waals surface area contributed by atoms with Gasteiger partial charge in [-0.05, 0) is 25.3 Å². The van der Waals surface area contributed by atoms with Gasteiger partial charge in [-0.3, -0.25) is 0 Å². The van der Waals surface area contributed by atoms with Crippen LogP contribution in [0.2, 0.25) is 10.0 Å². The molecule has 8 heteroatoms. The first-order valence-electron chi connectivity index (χ1n) is 7.55. The second-order valence-electron chi connectivity index (χ2n) is 4.74. The average Bonchev–Trinajstić information content (AvgIpc) is 2.55. The molecule has 0 bridgehead atoms. The van der Waals surface area contributed by atoms with E-state index in [1.807, 2.05) is 0 Å². The molecule has 0 atom stereocenters. The van der Waals surface area contributed by atoms with Gasteiger partial charge in [0.05, 0.1) is 16.7 Å². The molecule has 25 heavy (non-hydrogen) atoms. The third-order valence-corrected chi connectivity index (χ3v) is 3.64. The number of ether oxygens (including phenoxy) is 2. The first-order valence-corrected chi connectivity index (χ1v) is 9.06. The normalized spacial score (nSPS) is 10.6. The second-order valence-corrected chi connectivity index (χ2v) is 6.56. The van der Waals surface area contributed by atoms with Gasteiger partial charge in [-0.1, -0.05) is 64.2 Å². The average molecular weight is 427 g/mol. The van der Waals surface area contributed by atoms with E-state index in [-0.39, 0.29) is 11.1 Å². The van der Waals surface area contributed by atoms with Gasteiger partial charge in [-0.15, -0.1) is 0 Å². The molecule has 0 heterocycles. The first kappa shape index (κ1) is 22.0. The van der Waals surface area contributed by atoms with Gasteiger partial charge in [0.15, 0.2) is 5.75 Å². The summed E-state index contributed by atoms with van der Waals surface area (Å²) < 4.78 is 11.2. The lowest BCUT2D eigenvalue weighted by Gasteiger charge is -2.12. The van der Waals surface area contributed by atoms with Crippen molar-refractivity contribution in [1.82, 2.24) is 0 Å². The molecule has 1 aromatic carbocycles. The van der Waals surface area contributed by atoms with Crippen molar-refractivity contribution < 1.29 is 14.3 Å². The Hall–Kier alpha value is -1.07. The number of benzene rings is 1. The van der Waals surface area contributed by atoms with Gasteiger partial charge >= 0.3 is 0 Å². The third-order valence-electron chi connectivity index (χ3n) is 2.77. The molecule has 0 aromatic heterocycles. The van der Waals surface area contributed by atoms with E-state index in [0.29, 0.717) is 34.8 Å². The fourth-order valence-electron chi connectivity index (χ4n) is 1.67. The minimum atomic E-state index is 0.134. The predicted molar refractivity (Wildman–Crippen MR) is 106 cm³/mol. The zero-order chi connectivity index (χ0) is 18.5. The van der Waals surface area contributed by atoms with Crippen LogP contribution >= 0.6 is 46.4 Å². The number of hydrogen-bond acceptors (Lipinski definition) is 4. The summed E-state index contributed by atoms with van der Waals surface area (Å²) in [4.78, 5) is 4.90. The lowest BCUT2D eigenvalue weighted by molar-refractivity contribution is 0.175. The van der Waals surface area contributed by atoms with Crippen molar-refractivity contribution in [3.05, 3.63) is 45.4 Å². The lowest BCUT2D eigenvalue weighted by atomic mass is 10.2. The van der Waals surface area contributed by atoms with Crippen molar-refractivity contribution >= 4 is 52.6 Å². The van der Waals surface area contributed by atoms with E-state index in [1.165, 1.54) is 6.08 Å². The maximum absolute atomic E-state index is 6.18. The van der Waals surface area contributed by atoms with E-state index >= 15 is 0 Å². The van der Waals surface area contributed by atoms with Crippen molar-refractivity contribution in [1.29, 1.82) is 0 Å². The fraction of sp³-hybridized carbons (Fsp3) is 0.353. The van der Waals surface area contributed by atoms with Crippen LogP contribution in [0.4, 0.5) is 0 Å². The smallest absolute Gasteiger partial charge is 0.156 e. The molecule has 0 radical (unpaired) electrons. The van der Waals surface area contributed by atoms with Gasteiger partial charge in [0.2, 0.25) is 0 Å². The van der Waals surface area contributed by atoms with Crippen LogP contribution in [0.25, 0.3) is 0 Å². The summed E-state index contributed by atoms with van der Waals surface area (Å²) in [5.41, 5.74) is 0. The highest BCUT2D eigenvalue weighted by molar-refractivity contribution is 6.55. The maximum atomic E-state index is 6.18. The molecule has 1 aromatic rings. The molecule has 0 amide bonds. The minimum absolute atomic E-state index is 0.134. The number of nitrogens with zero attached hydrogens (tertiary/aromatic N) is 1. The summed E-state index contributed by atoms with van der Waals surface area (Å²) in [6, 6.07) is 3.25. The summed E-state index contributed by atoms with van der Waals surface area (Å²) >= 11 is 23.4. The van der Waals surface area contributed by atoms with Crippen LogP contribution in [0.15, 0.2) is 40.5 Å². The van der Waals surface area contributed by atoms with E-state index in [2.05, 4.69) is 11.7 Å². The molecule has 0 saturated carbocycles. The molecule has 0 aliphatic rings. The van der Waals surface area contributed by atoms with Crippen LogP contribution in [0.3, 0.4) is 0 Å². The van der Waals surface area contributed by atoms with E-state index in [4.69, 9.17) is 60.7 Å². The molecule has 0 fully saturated rings. The number of halogens is 4. The monoisotopic (exact) mass is 425 g/mol. The minimum Gasteiger partial charge on any atom is -0.490 e. The van der Waals surface area contributed by atoms with Gasteiger partial charge in [-0.2, -0.15) is 0 Å². The van der Waals surface area contributed by atoms with Crippen LogP contribution in [-0.2, 0) is 4.84 Å². The zero-order valence-electron chi connectivity index (χ0n) is 13.5. The highest BCUT2D eigenvalue weighted by Gasteiger charge is 2.10. The molecular formula is C17H19Cl4NO3. The maximum Gasteiger partial charge on any atom is 0.156 e. The van der Waals surface area contributed by atoms with Gasteiger partial charge < -0.3 is 14.3 Å². The Bertz CT molecular complexity index is 579. The summed E-state index contributed by atoms with van der Waals surface area (Å²) in [5, 5.41) is 4.53. The topological polar surface area (TPSA) is 40.0 Å². The lowest BCUT2D eigenvalue weighted by Crippen LogP contribution is -2.00. The SMILES string of the molecule is C=CCO/N=C/CCCCOc1c(Cl)cc(OCC=C(Cl)Cl)cc1Cl. The van der Waals surface area contributed by atoms with Crippen molar-refractivity contribution in [2.75, 3.05) is 19.8 Å². The van der Waals surface area contributed by atoms with Crippen molar-refractivity contribution in [3.8, 4) is 11.5 Å². The van der Waals surface area contributed by atoms with Gasteiger partial charge in [0.25, 0.3) is 0 Å². The Labute approximate surface area is 167 Å². The van der Waals surface area contributed by atoms with Crippen LogP contribution in [-0.4, -0.2) is 26.0 Å². The van der Waals surface area contributed by atoms with Gasteiger partial charge in [0.1, 0.15) is 23.5 Å². The largest absolute Gasteiger partial charge is 0.490 e. The highest BCUT2D eigenvalue weighted by Crippen LogP contribution is 2.37.